The summed E-state index contributed by atoms with van der Waals surface area (Å²) in [4.78, 5) is 0. The van der Waals surface area contributed by atoms with Crippen molar-refractivity contribution in [2.45, 2.75) is 19.4 Å². The molecule has 2 rings (SSSR count). The lowest BCUT2D eigenvalue weighted by Gasteiger charge is -2.13. The van der Waals surface area contributed by atoms with E-state index >= 15 is 0 Å². The van der Waals surface area contributed by atoms with Crippen molar-refractivity contribution in [2.75, 3.05) is 0 Å². The first-order valence-electron chi connectivity index (χ1n) is 5.71. The molecule has 1 N–H and O–H groups in total. The lowest BCUT2D eigenvalue weighted by molar-refractivity contribution is 0.178. The molecular formula is C13H13Cl2FN2O. The second-order valence-corrected chi connectivity index (χ2v) is 5.08. The van der Waals surface area contributed by atoms with Crippen LogP contribution in [0.2, 0.25) is 10.2 Å². The molecule has 0 aliphatic carbocycles. The van der Waals surface area contributed by atoms with Gasteiger partial charge in [-0.2, -0.15) is 5.10 Å². The first kappa shape index (κ1) is 14.3. The maximum absolute atomic E-state index is 13.4. The van der Waals surface area contributed by atoms with Gasteiger partial charge in [0.05, 0.1) is 16.8 Å². The zero-order valence-electron chi connectivity index (χ0n) is 10.5. The standard InChI is InChI=1S/C13H13Cl2FN2O/c1-7-9(13(15)18(2)17-7)6-11(19)8-4-3-5-10(16)12(8)14/h3-5,11,19H,6H2,1-2H3. The van der Waals surface area contributed by atoms with Crippen molar-refractivity contribution in [3.05, 3.63) is 51.0 Å². The molecule has 0 aliphatic rings. The fraction of sp³-hybridized carbons (Fsp3) is 0.308. The molecule has 6 heteroatoms. The lowest BCUT2D eigenvalue weighted by Crippen LogP contribution is -2.04. The minimum atomic E-state index is -0.927. The fourth-order valence-electron chi connectivity index (χ4n) is 1.99. The molecule has 0 bridgehead atoms. The van der Waals surface area contributed by atoms with Crippen molar-refractivity contribution in [2.24, 2.45) is 7.05 Å². The Labute approximate surface area is 120 Å². The molecule has 1 heterocycles. The van der Waals surface area contributed by atoms with Gasteiger partial charge in [0.25, 0.3) is 0 Å². The molecule has 0 spiro atoms. The zero-order chi connectivity index (χ0) is 14.2. The minimum absolute atomic E-state index is 0.0623. The first-order valence-corrected chi connectivity index (χ1v) is 6.47. The Balaban J connectivity index is 2.31. The largest absolute Gasteiger partial charge is 0.388 e. The van der Waals surface area contributed by atoms with E-state index in [4.69, 9.17) is 23.2 Å². The molecule has 1 unspecified atom stereocenters. The predicted molar refractivity (Wildman–Crippen MR) is 73.0 cm³/mol. The van der Waals surface area contributed by atoms with Crippen LogP contribution in [0.3, 0.4) is 0 Å². The first-order chi connectivity index (χ1) is 8.91. The van der Waals surface area contributed by atoms with Gasteiger partial charge in [-0.1, -0.05) is 35.3 Å². The highest BCUT2D eigenvalue weighted by Crippen LogP contribution is 2.30. The van der Waals surface area contributed by atoms with Crippen LogP contribution in [0.1, 0.15) is 22.9 Å². The van der Waals surface area contributed by atoms with Crippen molar-refractivity contribution >= 4 is 23.2 Å². The van der Waals surface area contributed by atoms with Gasteiger partial charge in [0.15, 0.2) is 0 Å². The van der Waals surface area contributed by atoms with Gasteiger partial charge in [-0.05, 0) is 13.0 Å². The Kier molecular flexibility index (Phi) is 4.13. The van der Waals surface area contributed by atoms with Crippen molar-refractivity contribution in [3.63, 3.8) is 0 Å². The van der Waals surface area contributed by atoms with E-state index in [9.17, 15) is 9.50 Å². The number of rotatable bonds is 3. The fourth-order valence-corrected chi connectivity index (χ4v) is 2.49. The summed E-state index contributed by atoms with van der Waals surface area (Å²) < 4.78 is 14.9. The third-order valence-corrected chi connectivity index (χ3v) is 3.88. The van der Waals surface area contributed by atoms with Crippen molar-refractivity contribution in [3.8, 4) is 0 Å². The maximum atomic E-state index is 13.4. The third kappa shape index (κ3) is 2.76. The Morgan fingerprint density at radius 2 is 2.11 bits per heavy atom. The summed E-state index contributed by atoms with van der Waals surface area (Å²) in [6.07, 6.45) is -0.689. The van der Waals surface area contributed by atoms with Crippen LogP contribution in [0.25, 0.3) is 0 Å². The highest BCUT2D eigenvalue weighted by Gasteiger charge is 2.19. The van der Waals surface area contributed by atoms with Crippen molar-refractivity contribution in [1.82, 2.24) is 9.78 Å². The van der Waals surface area contributed by atoms with E-state index < -0.39 is 11.9 Å². The number of hydrogen-bond donors (Lipinski definition) is 1. The molecular weight excluding hydrogens is 290 g/mol. The number of aliphatic hydroxyl groups is 1. The van der Waals surface area contributed by atoms with E-state index in [2.05, 4.69) is 5.10 Å². The Hall–Kier alpha value is -1.10. The smallest absolute Gasteiger partial charge is 0.142 e. The number of aryl methyl sites for hydroxylation is 2. The van der Waals surface area contributed by atoms with E-state index in [0.717, 1.165) is 11.3 Å². The molecule has 0 amide bonds. The third-order valence-electron chi connectivity index (χ3n) is 3.01. The van der Waals surface area contributed by atoms with Gasteiger partial charge in [-0.15, -0.1) is 0 Å². The van der Waals surface area contributed by atoms with Gasteiger partial charge in [0, 0.05) is 24.6 Å². The molecule has 2 aromatic rings. The number of aromatic nitrogens is 2. The molecule has 0 aliphatic heterocycles. The molecule has 0 saturated carbocycles. The van der Waals surface area contributed by atoms with E-state index in [-0.39, 0.29) is 11.4 Å². The number of nitrogens with zero attached hydrogens (tertiary/aromatic N) is 2. The Bertz CT molecular complexity index is 613. The van der Waals surface area contributed by atoms with Crippen LogP contribution < -0.4 is 0 Å². The highest BCUT2D eigenvalue weighted by atomic mass is 35.5. The van der Waals surface area contributed by atoms with Crippen molar-refractivity contribution in [1.29, 1.82) is 0 Å². The predicted octanol–water partition coefficient (Wildman–Crippen LogP) is 3.45. The number of aliphatic hydroxyl groups excluding tert-OH is 1. The summed E-state index contributed by atoms with van der Waals surface area (Å²) in [5.74, 6) is -0.549. The quantitative estimate of drug-likeness (QED) is 0.943. The van der Waals surface area contributed by atoms with E-state index in [1.54, 1.807) is 20.0 Å². The number of hydrogen-bond acceptors (Lipinski definition) is 2. The Morgan fingerprint density at radius 3 is 2.68 bits per heavy atom. The van der Waals surface area contributed by atoms with Gasteiger partial charge in [-0.25, -0.2) is 4.39 Å². The van der Waals surface area contributed by atoms with Crippen LogP contribution >= 0.6 is 23.2 Å². The van der Waals surface area contributed by atoms with E-state index in [0.29, 0.717) is 10.7 Å². The van der Waals surface area contributed by atoms with Crippen LogP contribution in [0, 0.1) is 12.7 Å². The molecule has 0 saturated heterocycles. The molecule has 0 fully saturated rings. The van der Waals surface area contributed by atoms with Gasteiger partial charge in [0.2, 0.25) is 0 Å². The van der Waals surface area contributed by atoms with Crippen LogP contribution in [-0.2, 0) is 13.5 Å². The summed E-state index contributed by atoms with van der Waals surface area (Å²) >= 11 is 11.9. The van der Waals surface area contributed by atoms with Crippen LogP contribution in [0.4, 0.5) is 4.39 Å². The van der Waals surface area contributed by atoms with Crippen LogP contribution in [0.15, 0.2) is 18.2 Å². The van der Waals surface area contributed by atoms with Crippen molar-refractivity contribution < 1.29 is 9.50 Å². The van der Waals surface area contributed by atoms with Gasteiger partial charge in [0.1, 0.15) is 11.0 Å². The SMILES string of the molecule is Cc1nn(C)c(Cl)c1CC(O)c1cccc(F)c1Cl. The van der Waals surface area contributed by atoms with E-state index in [1.807, 2.05) is 0 Å². The van der Waals surface area contributed by atoms with E-state index in [1.165, 1.54) is 16.8 Å². The molecule has 1 aromatic carbocycles. The highest BCUT2D eigenvalue weighted by molar-refractivity contribution is 6.31. The molecule has 3 nitrogen and oxygen atoms in total. The second-order valence-electron chi connectivity index (χ2n) is 4.34. The average Bonchev–Trinajstić information content (AvgIpc) is 2.59. The zero-order valence-corrected chi connectivity index (χ0v) is 12.0. The summed E-state index contributed by atoms with van der Waals surface area (Å²) in [5.41, 5.74) is 1.82. The lowest BCUT2D eigenvalue weighted by atomic mass is 10.0. The van der Waals surface area contributed by atoms with Gasteiger partial charge < -0.3 is 5.11 Å². The summed E-state index contributed by atoms with van der Waals surface area (Å²) in [7, 11) is 1.72. The monoisotopic (exact) mass is 302 g/mol. The summed E-state index contributed by atoms with van der Waals surface area (Å²) in [5, 5.41) is 14.8. The summed E-state index contributed by atoms with van der Waals surface area (Å²) in [6, 6.07) is 4.36. The normalized spacial score (nSPS) is 12.7. The van der Waals surface area contributed by atoms with Gasteiger partial charge >= 0.3 is 0 Å². The van der Waals surface area contributed by atoms with Crippen LogP contribution in [0.5, 0.6) is 0 Å². The topological polar surface area (TPSA) is 38.0 Å². The van der Waals surface area contributed by atoms with Crippen LogP contribution in [-0.4, -0.2) is 14.9 Å². The average molecular weight is 303 g/mol. The minimum Gasteiger partial charge on any atom is -0.388 e. The number of halogens is 3. The maximum Gasteiger partial charge on any atom is 0.142 e. The summed E-state index contributed by atoms with van der Waals surface area (Å²) in [6.45, 7) is 1.81. The molecule has 0 radical (unpaired) electrons. The number of benzene rings is 1. The molecule has 1 aromatic heterocycles. The van der Waals surface area contributed by atoms with Gasteiger partial charge in [-0.3, -0.25) is 4.68 Å². The molecule has 102 valence electrons. The molecule has 19 heavy (non-hydrogen) atoms. The molecule has 1 atom stereocenters. The Morgan fingerprint density at radius 1 is 1.42 bits per heavy atom. The second kappa shape index (κ2) is 5.49.